The third-order valence-corrected chi connectivity index (χ3v) is 6.10. The SMILES string of the molecule is CCCN(Cc1ccc(-c2ccccc2-c2nn[nH]n2)cc1)c1nn(Cc2ccccc2)cc1C(=O)O. The Morgan fingerprint density at radius 1 is 0.946 bits per heavy atom. The van der Waals surface area contributed by atoms with Gasteiger partial charge in [0.15, 0.2) is 5.82 Å². The van der Waals surface area contributed by atoms with Crippen LogP contribution in [0.25, 0.3) is 22.5 Å². The van der Waals surface area contributed by atoms with E-state index in [1.165, 1.54) is 0 Å². The Morgan fingerprint density at radius 3 is 2.35 bits per heavy atom. The zero-order valence-electron chi connectivity index (χ0n) is 20.5. The summed E-state index contributed by atoms with van der Waals surface area (Å²) >= 11 is 0. The zero-order valence-corrected chi connectivity index (χ0v) is 20.5. The average Bonchev–Trinajstić information content (AvgIpc) is 3.60. The molecule has 186 valence electrons. The number of aromatic nitrogens is 6. The van der Waals surface area contributed by atoms with Gasteiger partial charge in [0.25, 0.3) is 0 Å². The number of rotatable bonds is 10. The van der Waals surface area contributed by atoms with E-state index < -0.39 is 5.97 Å². The fourth-order valence-electron chi connectivity index (χ4n) is 4.39. The number of carboxylic acids is 1. The van der Waals surface area contributed by atoms with Gasteiger partial charge in [-0.25, -0.2) is 4.79 Å². The Labute approximate surface area is 214 Å². The van der Waals surface area contributed by atoms with E-state index in [9.17, 15) is 9.90 Å². The molecule has 0 atom stereocenters. The van der Waals surface area contributed by atoms with Crippen molar-refractivity contribution in [3.05, 3.63) is 102 Å². The Bertz CT molecular complexity index is 1460. The van der Waals surface area contributed by atoms with Gasteiger partial charge in [0, 0.05) is 24.8 Å². The van der Waals surface area contributed by atoms with Crippen molar-refractivity contribution >= 4 is 11.8 Å². The molecule has 9 heteroatoms. The van der Waals surface area contributed by atoms with Crippen molar-refractivity contribution in [1.82, 2.24) is 30.4 Å². The van der Waals surface area contributed by atoms with Crippen LogP contribution in [0.15, 0.2) is 85.1 Å². The number of aromatic amines is 1. The molecule has 0 aliphatic rings. The Hall–Kier alpha value is -4.79. The smallest absolute Gasteiger partial charge is 0.341 e. The van der Waals surface area contributed by atoms with Crippen LogP contribution in [0.5, 0.6) is 0 Å². The molecule has 5 rings (SSSR count). The molecule has 0 unspecified atom stereocenters. The molecule has 9 nitrogen and oxygen atoms in total. The molecule has 0 fully saturated rings. The molecule has 0 aliphatic heterocycles. The number of nitrogens with one attached hydrogen (secondary N) is 1. The molecule has 0 radical (unpaired) electrons. The van der Waals surface area contributed by atoms with Crippen molar-refractivity contribution in [2.45, 2.75) is 26.4 Å². The number of hydrogen-bond donors (Lipinski definition) is 2. The quantitative estimate of drug-likeness (QED) is 0.285. The maximum Gasteiger partial charge on any atom is 0.341 e. The number of aromatic carboxylic acids is 1. The van der Waals surface area contributed by atoms with Gasteiger partial charge in [-0.1, -0.05) is 85.8 Å². The van der Waals surface area contributed by atoms with Crippen LogP contribution in [0.1, 0.15) is 34.8 Å². The Kier molecular flexibility index (Phi) is 7.02. The molecule has 0 saturated carbocycles. The first-order valence-electron chi connectivity index (χ1n) is 12.1. The van der Waals surface area contributed by atoms with Gasteiger partial charge < -0.3 is 10.0 Å². The summed E-state index contributed by atoms with van der Waals surface area (Å²) in [6, 6.07) is 26.1. The van der Waals surface area contributed by atoms with Crippen LogP contribution < -0.4 is 4.90 Å². The number of benzene rings is 3. The first-order chi connectivity index (χ1) is 18.1. The van der Waals surface area contributed by atoms with Crippen molar-refractivity contribution in [3.8, 4) is 22.5 Å². The Balaban J connectivity index is 1.40. The van der Waals surface area contributed by atoms with Gasteiger partial charge in [-0.15, -0.1) is 10.2 Å². The highest BCUT2D eigenvalue weighted by Crippen LogP contribution is 2.30. The normalized spacial score (nSPS) is 10.9. The maximum absolute atomic E-state index is 12.1. The van der Waals surface area contributed by atoms with E-state index in [-0.39, 0.29) is 5.56 Å². The van der Waals surface area contributed by atoms with E-state index in [0.717, 1.165) is 34.2 Å². The molecule has 2 heterocycles. The average molecular weight is 494 g/mol. The second-order valence-electron chi connectivity index (χ2n) is 8.75. The maximum atomic E-state index is 12.1. The topological polar surface area (TPSA) is 113 Å². The van der Waals surface area contributed by atoms with E-state index in [0.29, 0.717) is 31.3 Å². The van der Waals surface area contributed by atoms with Gasteiger partial charge in [-0.2, -0.15) is 10.3 Å². The fourth-order valence-corrected chi connectivity index (χ4v) is 4.39. The second-order valence-corrected chi connectivity index (χ2v) is 8.75. The number of tetrazole rings is 1. The minimum absolute atomic E-state index is 0.204. The van der Waals surface area contributed by atoms with E-state index in [1.54, 1.807) is 10.9 Å². The molecule has 0 amide bonds. The predicted octanol–water partition coefficient (Wildman–Crippen LogP) is 4.89. The first-order valence-corrected chi connectivity index (χ1v) is 12.1. The van der Waals surface area contributed by atoms with Crippen LogP contribution in [0, 0.1) is 0 Å². The first kappa shape index (κ1) is 23.9. The highest BCUT2D eigenvalue weighted by atomic mass is 16.4. The Morgan fingerprint density at radius 2 is 1.68 bits per heavy atom. The summed E-state index contributed by atoms with van der Waals surface area (Å²) < 4.78 is 1.70. The molecule has 2 N–H and O–H groups in total. The lowest BCUT2D eigenvalue weighted by atomic mass is 9.98. The molecular formula is C28H27N7O2. The van der Waals surface area contributed by atoms with Crippen LogP contribution in [-0.2, 0) is 13.1 Å². The van der Waals surface area contributed by atoms with Crippen LogP contribution in [0.4, 0.5) is 5.82 Å². The van der Waals surface area contributed by atoms with Crippen LogP contribution in [0.2, 0.25) is 0 Å². The lowest BCUT2D eigenvalue weighted by Gasteiger charge is -2.23. The number of carboxylic acid groups (broad SMARTS) is 1. The highest BCUT2D eigenvalue weighted by Gasteiger charge is 2.21. The number of nitrogens with zero attached hydrogens (tertiary/aromatic N) is 6. The molecule has 5 aromatic rings. The van der Waals surface area contributed by atoms with Crippen molar-refractivity contribution in [2.24, 2.45) is 0 Å². The molecule has 3 aromatic carbocycles. The van der Waals surface area contributed by atoms with E-state index in [2.05, 4.69) is 56.9 Å². The summed E-state index contributed by atoms with van der Waals surface area (Å²) in [7, 11) is 0. The summed E-state index contributed by atoms with van der Waals surface area (Å²) in [5, 5.41) is 29.0. The summed E-state index contributed by atoms with van der Waals surface area (Å²) in [5.74, 6) is 0.0433. The molecule has 0 saturated heterocycles. The lowest BCUT2D eigenvalue weighted by Crippen LogP contribution is -2.25. The van der Waals surface area contributed by atoms with Gasteiger partial charge in [-0.05, 0) is 33.9 Å². The molecule has 0 aliphatic carbocycles. The number of anilines is 1. The van der Waals surface area contributed by atoms with Crippen molar-refractivity contribution < 1.29 is 9.90 Å². The third kappa shape index (κ3) is 5.40. The van der Waals surface area contributed by atoms with Gasteiger partial charge in [-0.3, -0.25) is 4.68 Å². The van der Waals surface area contributed by atoms with Crippen LogP contribution >= 0.6 is 0 Å². The lowest BCUT2D eigenvalue weighted by molar-refractivity contribution is 0.0697. The van der Waals surface area contributed by atoms with E-state index in [4.69, 9.17) is 0 Å². The molecule has 0 bridgehead atoms. The predicted molar refractivity (Wildman–Crippen MR) is 141 cm³/mol. The summed E-state index contributed by atoms with van der Waals surface area (Å²) in [6.07, 6.45) is 2.48. The van der Waals surface area contributed by atoms with Gasteiger partial charge in [0.05, 0.1) is 6.54 Å². The monoisotopic (exact) mass is 493 g/mol. The number of H-pyrrole nitrogens is 1. The number of hydrogen-bond acceptors (Lipinski definition) is 6. The van der Waals surface area contributed by atoms with E-state index >= 15 is 0 Å². The third-order valence-electron chi connectivity index (χ3n) is 6.10. The standard InChI is InChI=1S/C28H27N7O2/c1-2-16-34(27-25(28(36)37)19-35(31-27)18-20-8-4-3-5-9-20)17-21-12-14-22(15-13-21)23-10-6-7-11-24(23)26-29-32-33-30-26/h3-15,19H,2,16-18H2,1H3,(H,36,37)(H,29,30,32,33). The highest BCUT2D eigenvalue weighted by molar-refractivity contribution is 5.93. The minimum atomic E-state index is -0.983. The number of carbonyl (C=O) groups is 1. The second kappa shape index (κ2) is 10.9. The van der Waals surface area contributed by atoms with Crippen LogP contribution in [-0.4, -0.2) is 48.0 Å². The fraction of sp³-hybridized carbons (Fsp3) is 0.179. The van der Waals surface area contributed by atoms with Crippen LogP contribution in [0.3, 0.4) is 0 Å². The van der Waals surface area contributed by atoms with Crippen molar-refractivity contribution in [2.75, 3.05) is 11.4 Å². The van der Waals surface area contributed by atoms with Crippen molar-refractivity contribution in [1.29, 1.82) is 0 Å². The van der Waals surface area contributed by atoms with Gasteiger partial charge in [0.1, 0.15) is 5.56 Å². The summed E-state index contributed by atoms with van der Waals surface area (Å²) in [4.78, 5) is 14.1. The zero-order chi connectivity index (χ0) is 25.6. The molecule has 0 spiro atoms. The van der Waals surface area contributed by atoms with Gasteiger partial charge >= 0.3 is 5.97 Å². The molecule has 37 heavy (non-hydrogen) atoms. The van der Waals surface area contributed by atoms with E-state index in [1.807, 2.05) is 59.5 Å². The van der Waals surface area contributed by atoms with Gasteiger partial charge in [0.2, 0.25) is 5.82 Å². The summed E-state index contributed by atoms with van der Waals surface area (Å²) in [6.45, 7) is 3.82. The summed E-state index contributed by atoms with van der Waals surface area (Å²) in [5.41, 5.74) is 5.26. The molecular weight excluding hydrogens is 466 g/mol. The largest absolute Gasteiger partial charge is 0.477 e. The minimum Gasteiger partial charge on any atom is -0.477 e. The molecule has 2 aromatic heterocycles. The van der Waals surface area contributed by atoms with Crippen molar-refractivity contribution in [3.63, 3.8) is 0 Å².